The zero-order valence-electron chi connectivity index (χ0n) is 12.3. The summed E-state index contributed by atoms with van der Waals surface area (Å²) in [6.45, 7) is 7.69. The molecule has 5 heteroatoms. The van der Waals surface area contributed by atoms with Gasteiger partial charge in [-0.05, 0) is 37.6 Å². The van der Waals surface area contributed by atoms with Gasteiger partial charge in [0.2, 0.25) is 0 Å². The Hall–Kier alpha value is -1.26. The van der Waals surface area contributed by atoms with E-state index in [4.69, 9.17) is 16.3 Å². The zero-order valence-corrected chi connectivity index (χ0v) is 13.1. The van der Waals surface area contributed by atoms with Crippen molar-refractivity contribution in [1.82, 2.24) is 10.6 Å². The molecule has 0 aliphatic heterocycles. The standard InChI is InChI=1S/C15H23ClN2O2/c1-4-8-18-15(19)10-20-14-7-6-12(9-13(14)16)11(3)17-5-2/h6-7,9,11,17H,4-5,8,10H2,1-3H3,(H,18,19). The quantitative estimate of drug-likeness (QED) is 0.776. The topological polar surface area (TPSA) is 50.4 Å². The molecule has 0 aliphatic carbocycles. The second-order valence-corrected chi connectivity index (χ2v) is 5.02. The van der Waals surface area contributed by atoms with Crippen molar-refractivity contribution in [3.63, 3.8) is 0 Å². The van der Waals surface area contributed by atoms with Gasteiger partial charge in [-0.3, -0.25) is 4.79 Å². The molecule has 0 heterocycles. The SMILES string of the molecule is CCCNC(=O)COc1ccc(C(C)NCC)cc1Cl. The van der Waals surface area contributed by atoms with E-state index >= 15 is 0 Å². The van der Waals surface area contributed by atoms with Crippen LogP contribution in [0.3, 0.4) is 0 Å². The summed E-state index contributed by atoms with van der Waals surface area (Å²) in [5.41, 5.74) is 1.10. The number of benzene rings is 1. The second kappa shape index (κ2) is 8.82. The Labute approximate surface area is 125 Å². The summed E-state index contributed by atoms with van der Waals surface area (Å²) < 4.78 is 5.43. The summed E-state index contributed by atoms with van der Waals surface area (Å²) in [6.07, 6.45) is 0.906. The Bertz CT molecular complexity index is 438. The lowest BCUT2D eigenvalue weighted by molar-refractivity contribution is -0.123. The summed E-state index contributed by atoms with van der Waals surface area (Å²) in [5, 5.41) is 6.59. The molecule has 1 aromatic carbocycles. The molecule has 0 aromatic heterocycles. The number of amides is 1. The molecule has 1 aromatic rings. The Morgan fingerprint density at radius 1 is 1.40 bits per heavy atom. The van der Waals surface area contributed by atoms with Gasteiger partial charge in [-0.25, -0.2) is 0 Å². The molecule has 0 bridgehead atoms. The van der Waals surface area contributed by atoms with Crippen molar-refractivity contribution >= 4 is 17.5 Å². The van der Waals surface area contributed by atoms with Crippen LogP contribution >= 0.6 is 11.6 Å². The predicted octanol–water partition coefficient (Wildman–Crippen LogP) is 2.92. The fourth-order valence-electron chi connectivity index (χ4n) is 1.79. The lowest BCUT2D eigenvalue weighted by Crippen LogP contribution is -2.29. The number of ether oxygens (including phenoxy) is 1. The van der Waals surface area contributed by atoms with Gasteiger partial charge >= 0.3 is 0 Å². The second-order valence-electron chi connectivity index (χ2n) is 4.61. The van der Waals surface area contributed by atoms with Crippen LogP contribution in [0.1, 0.15) is 38.8 Å². The van der Waals surface area contributed by atoms with Crippen LogP contribution in [0, 0.1) is 0 Å². The van der Waals surface area contributed by atoms with Gasteiger partial charge in [0.05, 0.1) is 5.02 Å². The van der Waals surface area contributed by atoms with Crippen molar-refractivity contribution in [1.29, 1.82) is 0 Å². The first-order valence-electron chi connectivity index (χ1n) is 7.00. The molecule has 20 heavy (non-hydrogen) atoms. The van der Waals surface area contributed by atoms with Crippen LogP contribution in [-0.4, -0.2) is 25.6 Å². The first kappa shape index (κ1) is 16.8. The van der Waals surface area contributed by atoms with E-state index in [-0.39, 0.29) is 18.6 Å². The Balaban J connectivity index is 2.57. The molecule has 2 N–H and O–H groups in total. The number of nitrogens with one attached hydrogen (secondary N) is 2. The molecule has 0 spiro atoms. The minimum Gasteiger partial charge on any atom is -0.482 e. The molecule has 1 amide bonds. The zero-order chi connectivity index (χ0) is 15.0. The van der Waals surface area contributed by atoms with Crippen LogP contribution in [0.15, 0.2) is 18.2 Å². The first-order chi connectivity index (χ1) is 9.58. The Kier molecular flexibility index (Phi) is 7.41. The van der Waals surface area contributed by atoms with Crippen molar-refractivity contribution in [3.8, 4) is 5.75 Å². The fourth-order valence-corrected chi connectivity index (χ4v) is 2.03. The largest absolute Gasteiger partial charge is 0.482 e. The van der Waals surface area contributed by atoms with Crippen LogP contribution in [0.2, 0.25) is 5.02 Å². The Morgan fingerprint density at radius 3 is 2.75 bits per heavy atom. The van der Waals surface area contributed by atoms with Gasteiger partial charge < -0.3 is 15.4 Å². The van der Waals surface area contributed by atoms with Crippen molar-refractivity contribution in [3.05, 3.63) is 28.8 Å². The van der Waals surface area contributed by atoms with E-state index < -0.39 is 0 Å². The van der Waals surface area contributed by atoms with Gasteiger partial charge in [0.15, 0.2) is 6.61 Å². The smallest absolute Gasteiger partial charge is 0.257 e. The van der Waals surface area contributed by atoms with Gasteiger partial charge in [0.25, 0.3) is 5.91 Å². The highest BCUT2D eigenvalue weighted by atomic mass is 35.5. The fraction of sp³-hybridized carbons (Fsp3) is 0.533. The van der Waals surface area contributed by atoms with Crippen LogP contribution in [0.4, 0.5) is 0 Å². The number of rotatable bonds is 8. The summed E-state index contributed by atoms with van der Waals surface area (Å²) in [5.74, 6) is 0.402. The highest BCUT2D eigenvalue weighted by Gasteiger charge is 2.09. The summed E-state index contributed by atoms with van der Waals surface area (Å²) in [7, 11) is 0. The molecule has 4 nitrogen and oxygen atoms in total. The summed E-state index contributed by atoms with van der Waals surface area (Å²) in [4.78, 5) is 11.5. The Morgan fingerprint density at radius 2 is 2.15 bits per heavy atom. The summed E-state index contributed by atoms with van der Waals surface area (Å²) in [6, 6.07) is 5.87. The normalized spacial score (nSPS) is 12.0. The molecule has 0 radical (unpaired) electrons. The minimum absolute atomic E-state index is 0.0121. The lowest BCUT2D eigenvalue weighted by Gasteiger charge is -2.14. The molecule has 1 atom stereocenters. The van der Waals surface area contributed by atoms with Crippen LogP contribution in [0.5, 0.6) is 5.75 Å². The third-order valence-corrected chi connectivity index (χ3v) is 3.19. The van der Waals surface area contributed by atoms with Gasteiger partial charge in [-0.1, -0.05) is 31.5 Å². The van der Waals surface area contributed by atoms with E-state index in [9.17, 15) is 4.79 Å². The van der Waals surface area contributed by atoms with E-state index in [0.29, 0.717) is 17.3 Å². The van der Waals surface area contributed by atoms with Crippen molar-refractivity contribution in [2.75, 3.05) is 19.7 Å². The van der Waals surface area contributed by atoms with E-state index in [1.54, 1.807) is 6.07 Å². The minimum atomic E-state index is -0.131. The van der Waals surface area contributed by atoms with Crippen molar-refractivity contribution in [2.45, 2.75) is 33.2 Å². The molecule has 0 aliphatic rings. The number of carbonyl (C=O) groups is 1. The highest BCUT2D eigenvalue weighted by Crippen LogP contribution is 2.27. The molecule has 112 valence electrons. The maximum absolute atomic E-state index is 11.5. The van der Waals surface area contributed by atoms with E-state index in [2.05, 4.69) is 24.5 Å². The third kappa shape index (κ3) is 5.39. The first-order valence-corrected chi connectivity index (χ1v) is 7.38. The van der Waals surface area contributed by atoms with Gasteiger partial charge in [0.1, 0.15) is 5.75 Å². The average Bonchev–Trinajstić information content (AvgIpc) is 2.43. The maximum Gasteiger partial charge on any atom is 0.257 e. The van der Waals surface area contributed by atoms with E-state index in [1.807, 2.05) is 19.1 Å². The van der Waals surface area contributed by atoms with Gasteiger partial charge in [0, 0.05) is 12.6 Å². The predicted molar refractivity (Wildman–Crippen MR) is 82.3 cm³/mol. The molecular weight excluding hydrogens is 276 g/mol. The third-order valence-electron chi connectivity index (χ3n) is 2.90. The van der Waals surface area contributed by atoms with Crippen LogP contribution in [0.25, 0.3) is 0 Å². The van der Waals surface area contributed by atoms with Gasteiger partial charge in [-0.2, -0.15) is 0 Å². The van der Waals surface area contributed by atoms with Gasteiger partial charge in [-0.15, -0.1) is 0 Å². The lowest BCUT2D eigenvalue weighted by atomic mass is 10.1. The van der Waals surface area contributed by atoms with E-state index in [0.717, 1.165) is 18.5 Å². The summed E-state index contributed by atoms with van der Waals surface area (Å²) >= 11 is 6.18. The molecule has 1 rings (SSSR count). The van der Waals surface area contributed by atoms with Crippen LogP contribution in [-0.2, 0) is 4.79 Å². The van der Waals surface area contributed by atoms with Crippen molar-refractivity contribution < 1.29 is 9.53 Å². The highest BCUT2D eigenvalue weighted by molar-refractivity contribution is 6.32. The number of hydrogen-bond donors (Lipinski definition) is 2. The molecule has 0 fully saturated rings. The molecule has 0 saturated heterocycles. The van der Waals surface area contributed by atoms with Crippen molar-refractivity contribution in [2.24, 2.45) is 0 Å². The average molecular weight is 299 g/mol. The number of carbonyl (C=O) groups excluding carboxylic acids is 1. The molecule has 0 saturated carbocycles. The monoisotopic (exact) mass is 298 g/mol. The molecular formula is C15H23ClN2O2. The number of halogens is 1. The maximum atomic E-state index is 11.5. The number of hydrogen-bond acceptors (Lipinski definition) is 3. The molecule has 1 unspecified atom stereocenters. The van der Waals surface area contributed by atoms with E-state index in [1.165, 1.54) is 0 Å². The van der Waals surface area contributed by atoms with Crippen LogP contribution < -0.4 is 15.4 Å².